The number of nitrogens with zero attached hydrogens (tertiary/aromatic N) is 2. The van der Waals surface area contributed by atoms with E-state index in [-0.39, 0.29) is 26.4 Å². The van der Waals surface area contributed by atoms with Crippen molar-refractivity contribution in [2.45, 2.75) is 65.4 Å². The predicted molar refractivity (Wildman–Crippen MR) is 137 cm³/mol. The first-order chi connectivity index (χ1) is 18.3. The first-order valence-electron chi connectivity index (χ1n) is 12.6. The summed E-state index contributed by atoms with van der Waals surface area (Å²) in [5.74, 6) is -0.622. The minimum absolute atomic E-state index is 0.0278. The van der Waals surface area contributed by atoms with Crippen LogP contribution in [0.2, 0.25) is 0 Å². The molecule has 0 radical (unpaired) electrons. The van der Waals surface area contributed by atoms with E-state index in [1.165, 1.54) is 12.3 Å². The van der Waals surface area contributed by atoms with Crippen LogP contribution >= 0.6 is 7.60 Å². The van der Waals surface area contributed by atoms with Crippen LogP contribution in [0.25, 0.3) is 0 Å². The maximum Gasteiger partial charge on any atom is 0.356 e. The summed E-state index contributed by atoms with van der Waals surface area (Å²) < 4.78 is 48.2. The molecule has 210 valence electrons. The third-order valence-corrected chi connectivity index (χ3v) is 7.37. The van der Waals surface area contributed by atoms with Crippen molar-refractivity contribution >= 4 is 13.6 Å². The molecule has 13 heteroatoms. The van der Waals surface area contributed by atoms with Crippen LogP contribution in [0.5, 0.6) is 0 Å². The zero-order valence-electron chi connectivity index (χ0n) is 21.9. The molecular weight excluding hydrogens is 519 g/mol. The van der Waals surface area contributed by atoms with Gasteiger partial charge in [-0.15, -0.1) is 0 Å². The van der Waals surface area contributed by atoms with E-state index in [1.807, 2.05) is 6.92 Å². The van der Waals surface area contributed by atoms with E-state index in [0.717, 1.165) is 22.0 Å². The Bertz CT molecular complexity index is 1190. The lowest BCUT2D eigenvalue weighted by Gasteiger charge is -2.22. The SMILES string of the molecule is CCCCOCn1c(=O)ccn([C@@H]2O[C@H](OCP(=O)(OCC)OCC)C[C@@H]2OC(=O)c2ccccc2)c1=O. The number of benzene rings is 1. The number of carbonyl (C=O) groups excluding carboxylic acids is 1. The molecule has 0 unspecified atom stereocenters. The third-order valence-electron chi connectivity index (χ3n) is 5.60. The van der Waals surface area contributed by atoms with Crippen molar-refractivity contribution < 1.29 is 37.4 Å². The minimum atomic E-state index is -3.54. The third kappa shape index (κ3) is 7.95. The molecule has 1 saturated heterocycles. The Morgan fingerprint density at radius 2 is 1.79 bits per heavy atom. The molecule has 3 rings (SSSR count). The summed E-state index contributed by atoms with van der Waals surface area (Å²) in [6.07, 6.45) is -0.502. The summed E-state index contributed by atoms with van der Waals surface area (Å²) >= 11 is 0. The van der Waals surface area contributed by atoms with Gasteiger partial charge in [-0.1, -0.05) is 31.5 Å². The van der Waals surface area contributed by atoms with Gasteiger partial charge in [-0.25, -0.2) is 14.2 Å². The van der Waals surface area contributed by atoms with E-state index < -0.39 is 49.8 Å². The lowest BCUT2D eigenvalue weighted by atomic mass is 10.2. The van der Waals surface area contributed by atoms with Gasteiger partial charge in [0.1, 0.15) is 6.73 Å². The summed E-state index contributed by atoms with van der Waals surface area (Å²) in [7, 11) is -3.54. The van der Waals surface area contributed by atoms with Crippen molar-refractivity contribution in [3.63, 3.8) is 0 Å². The van der Waals surface area contributed by atoms with Crippen molar-refractivity contribution in [3.05, 3.63) is 69.0 Å². The minimum Gasteiger partial charge on any atom is -0.454 e. The second-order valence-electron chi connectivity index (χ2n) is 8.41. The van der Waals surface area contributed by atoms with Gasteiger partial charge in [0.05, 0.1) is 18.8 Å². The highest BCUT2D eigenvalue weighted by molar-refractivity contribution is 7.53. The molecule has 2 heterocycles. The molecule has 1 aliphatic heterocycles. The van der Waals surface area contributed by atoms with Gasteiger partial charge in [0.25, 0.3) is 5.56 Å². The molecule has 2 aromatic rings. The molecule has 0 spiro atoms. The van der Waals surface area contributed by atoms with Crippen molar-refractivity contribution in [2.24, 2.45) is 0 Å². The van der Waals surface area contributed by atoms with Gasteiger partial charge < -0.3 is 28.0 Å². The molecular formula is C25H35N2O10P. The van der Waals surface area contributed by atoms with Crippen LogP contribution in [0.1, 0.15) is 56.6 Å². The van der Waals surface area contributed by atoms with Gasteiger partial charge in [0.2, 0.25) is 0 Å². The molecule has 3 atom stereocenters. The molecule has 38 heavy (non-hydrogen) atoms. The fourth-order valence-corrected chi connectivity index (χ4v) is 5.13. The van der Waals surface area contributed by atoms with E-state index in [2.05, 4.69) is 0 Å². The number of aromatic nitrogens is 2. The van der Waals surface area contributed by atoms with Crippen LogP contribution in [0.15, 0.2) is 52.2 Å². The fourth-order valence-electron chi connectivity index (χ4n) is 3.77. The second-order valence-corrected chi connectivity index (χ2v) is 10.4. The maximum absolute atomic E-state index is 13.2. The zero-order chi connectivity index (χ0) is 27.5. The largest absolute Gasteiger partial charge is 0.454 e. The summed E-state index contributed by atoms with van der Waals surface area (Å²) in [5.41, 5.74) is -0.926. The fraction of sp³-hybridized carbons (Fsp3) is 0.560. The van der Waals surface area contributed by atoms with Crippen LogP contribution in [-0.2, 0) is 39.3 Å². The Kier molecular flexibility index (Phi) is 11.4. The molecule has 1 aromatic carbocycles. The lowest BCUT2D eigenvalue weighted by Crippen LogP contribution is -2.43. The van der Waals surface area contributed by atoms with Gasteiger partial charge in [-0.05, 0) is 32.4 Å². The Morgan fingerprint density at radius 1 is 1.08 bits per heavy atom. The quantitative estimate of drug-likeness (QED) is 0.183. The first kappa shape index (κ1) is 29.9. The number of carbonyl (C=O) groups is 1. The number of hydrogen-bond donors (Lipinski definition) is 0. The monoisotopic (exact) mass is 554 g/mol. The van der Waals surface area contributed by atoms with Gasteiger partial charge in [0.15, 0.2) is 25.0 Å². The molecule has 1 aromatic heterocycles. The first-order valence-corrected chi connectivity index (χ1v) is 14.4. The smallest absolute Gasteiger partial charge is 0.356 e. The average Bonchev–Trinajstić information content (AvgIpc) is 3.30. The Labute approximate surface area is 220 Å². The summed E-state index contributed by atoms with van der Waals surface area (Å²) in [6.45, 7) is 5.84. The van der Waals surface area contributed by atoms with Gasteiger partial charge in [-0.3, -0.25) is 13.9 Å². The number of unbranched alkanes of at least 4 members (excludes halogenated alkanes) is 1. The Hall–Kier alpha value is -2.60. The highest BCUT2D eigenvalue weighted by Gasteiger charge is 2.42. The van der Waals surface area contributed by atoms with E-state index in [1.54, 1.807) is 44.2 Å². The normalized spacial score (nSPS) is 19.5. The summed E-state index contributed by atoms with van der Waals surface area (Å²) in [5, 5.41) is 0. The molecule has 0 aliphatic carbocycles. The highest BCUT2D eigenvalue weighted by Crippen LogP contribution is 2.48. The lowest BCUT2D eigenvalue weighted by molar-refractivity contribution is -0.149. The number of ether oxygens (including phenoxy) is 4. The van der Waals surface area contributed by atoms with Crippen molar-refractivity contribution in [2.75, 3.05) is 26.2 Å². The Balaban J connectivity index is 1.85. The highest BCUT2D eigenvalue weighted by atomic mass is 31.2. The molecule has 0 bridgehead atoms. The molecule has 0 amide bonds. The number of esters is 1. The van der Waals surface area contributed by atoms with E-state index in [9.17, 15) is 18.9 Å². The van der Waals surface area contributed by atoms with Gasteiger partial charge in [-0.2, -0.15) is 0 Å². The average molecular weight is 555 g/mol. The zero-order valence-corrected chi connectivity index (χ0v) is 22.7. The maximum atomic E-state index is 13.2. The van der Waals surface area contributed by atoms with Crippen LogP contribution in [0.3, 0.4) is 0 Å². The van der Waals surface area contributed by atoms with Crippen LogP contribution in [-0.4, -0.2) is 53.7 Å². The van der Waals surface area contributed by atoms with Gasteiger partial charge in [0, 0.05) is 25.3 Å². The van der Waals surface area contributed by atoms with Crippen LogP contribution in [0.4, 0.5) is 0 Å². The molecule has 1 aliphatic rings. The molecule has 1 fully saturated rings. The van der Waals surface area contributed by atoms with Gasteiger partial charge >= 0.3 is 19.3 Å². The van der Waals surface area contributed by atoms with Crippen molar-refractivity contribution in [1.82, 2.24) is 9.13 Å². The standard InChI is InChI=1S/C25H35N2O10P/c1-4-7-15-32-17-27-21(28)13-14-26(25(27)30)23-20(36-24(29)19-11-9-8-10-12-19)16-22(37-23)33-18-38(31,34-5-2)35-6-3/h8-14,20,22-23H,4-7,15-18H2,1-3H3/t20-,22-,23+/m0/s1. The van der Waals surface area contributed by atoms with E-state index in [0.29, 0.717) is 12.2 Å². The van der Waals surface area contributed by atoms with E-state index in [4.69, 9.17) is 28.0 Å². The van der Waals surface area contributed by atoms with Crippen molar-refractivity contribution in [1.29, 1.82) is 0 Å². The van der Waals surface area contributed by atoms with E-state index >= 15 is 0 Å². The molecule has 0 saturated carbocycles. The second kappa shape index (κ2) is 14.5. The van der Waals surface area contributed by atoms with Crippen LogP contribution < -0.4 is 11.2 Å². The summed E-state index contributed by atoms with van der Waals surface area (Å²) in [4.78, 5) is 38.4. The molecule has 0 N–H and O–H groups in total. The predicted octanol–water partition coefficient (Wildman–Crippen LogP) is 3.50. The van der Waals surface area contributed by atoms with Crippen LogP contribution in [0, 0.1) is 0 Å². The number of hydrogen-bond acceptors (Lipinski definition) is 10. The van der Waals surface area contributed by atoms with Crippen molar-refractivity contribution in [3.8, 4) is 0 Å². The topological polar surface area (TPSA) is 134 Å². The summed E-state index contributed by atoms with van der Waals surface area (Å²) in [6, 6.07) is 9.56. The number of rotatable bonds is 15. The Morgan fingerprint density at radius 3 is 2.45 bits per heavy atom. The molecule has 12 nitrogen and oxygen atoms in total.